The molecule has 2 heterocycles. The van der Waals surface area contributed by atoms with Gasteiger partial charge in [0.15, 0.2) is 0 Å². The molecule has 94 valence electrons. The van der Waals surface area contributed by atoms with Crippen molar-refractivity contribution in [2.24, 2.45) is 0 Å². The highest BCUT2D eigenvalue weighted by atomic mass is 19.1. The van der Waals surface area contributed by atoms with Gasteiger partial charge in [0, 0.05) is 17.3 Å². The minimum absolute atomic E-state index is 0.168. The Kier molecular flexibility index (Phi) is 4.11. The second kappa shape index (κ2) is 5.58. The van der Waals surface area contributed by atoms with Crippen molar-refractivity contribution >= 4 is 0 Å². The van der Waals surface area contributed by atoms with Gasteiger partial charge in [-0.2, -0.15) is 0 Å². The minimum Gasteiger partial charge on any atom is -0.307 e. The fraction of sp³-hybridized carbons (Fsp3) is 0.643. The summed E-state index contributed by atoms with van der Waals surface area (Å²) in [6, 6.07) is 1.84. The van der Waals surface area contributed by atoms with Crippen LogP contribution in [-0.2, 0) is 5.54 Å². The van der Waals surface area contributed by atoms with E-state index in [0.717, 1.165) is 31.4 Å². The van der Waals surface area contributed by atoms with Gasteiger partial charge in [-0.05, 0) is 31.9 Å². The van der Waals surface area contributed by atoms with E-state index in [4.69, 9.17) is 0 Å². The summed E-state index contributed by atoms with van der Waals surface area (Å²) in [6.07, 6.45) is 9.73. The summed E-state index contributed by atoms with van der Waals surface area (Å²) in [5.41, 5.74) is 0.634. The zero-order valence-electron chi connectivity index (χ0n) is 10.5. The normalized spacial score (nSPS) is 25.5. The molecule has 2 nitrogen and oxygen atoms in total. The molecule has 0 aromatic carbocycles. The number of nitrogens with zero attached hydrogens (tertiary/aromatic N) is 1. The summed E-state index contributed by atoms with van der Waals surface area (Å²) < 4.78 is 14.0. The first kappa shape index (κ1) is 12.5. The molecule has 1 unspecified atom stereocenters. The molecule has 1 aromatic rings. The zero-order valence-corrected chi connectivity index (χ0v) is 10.5. The number of pyridine rings is 1. The van der Waals surface area contributed by atoms with Crippen molar-refractivity contribution in [3.05, 3.63) is 29.8 Å². The number of nitrogens with one attached hydrogen (secondary N) is 1. The molecule has 3 heteroatoms. The van der Waals surface area contributed by atoms with E-state index in [-0.39, 0.29) is 11.4 Å². The maximum absolute atomic E-state index is 14.0. The molecular formula is C14H21FN2. The van der Waals surface area contributed by atoms with Crippen molar-refractivity contribution in [3.63, 3.8) is 0 Å². The summed E-state index contributed by atoms with van der Waals surface area (Å²) >= 11 is 0. The number of halogens is 1. The predicted octanol–water partition coefficient (Wildman–Crippen LogP) is 3.38. The van der Waals surface area contributed by atoms with Crippen LogP contribution >= 0.6 is 0 Å². The molecule has 0 aliphatic carbocycles. The van der Waals surface area contributed by atoms with Crippen LogP contribution in [0.25, 0.3) is 0 Å². The molecule has 0 radical (unpaired) electrons. The second-order valence-corrected chi connectivity index (χ2v) is 4.93. The highest BCUT2D eigenvalue weighted by Crippen LogP contribution is 2.35. The highest BCUT2D eigenvalue weighted by molar-refractivity contribution is 5.24. The molecule has 1 aliphatic heterocycles. The Labute approximate surface area is 103 Å². The highest BCUT2D eigenvalue weighted by Gasteiger charge is 2.33. The third-order valence-electron chi connectivity index (χ3n) is 3.71. The number of hydrogen-bond donors (Lipinski definition) is 1. The molecule has 1 aliphatic rings. The fourth-order valence-electron chi connectivity index (χ4n) is 2.91. The smallest absolute Gasteiger partial charge is 0.146 e. The van der Waals surface area contributed by atoms with Crippen LogP contribution in [0.3, 0.4) is 0 Å². The van der Waals surface area contributed by atoms with Crippen LogP contribution in [0.5, 0.6) is 0 Å². The van der Waals surface area contributed by atoms with E-state index in [1.165, 1.54) is 25.5 Å². The van der Waals surface area contributed by atoms with Gasteiger partial charge in [-0.15, -0.1) is 0 Å². The van der Waals surface area contributed by atoms with Gasteiger partial charge in [-0.1, -0.05) is 26.2 Å². The molecule has 2 rings (SSSR count). The van der Waals surface area contributed by atoms with Gasteiger partial charge in [0.2, 0.25) is 0 Å². The molecule has 1 saturated heterocycles. The molecule has 0 spiro atoms. The second-order valence-electron chi connectivity index (χ2n) is 4.93. The fourth-order valence-corrected chi connectivity index (χ4v) is 2.91. The SMILES string of the molecule is CCCC1(c2ccncc2F)CCCCCN1. The third kappa shape index (κ3) is 2.65. The lowest BCUT2D eigenvalue weighted by Crippen LogP contribution is -2.42. The first-order valence-corrected chi connectivity index (χ1v) is 6.63. The molecule has 0 amide bonds. The molecule has 1 atom stereocenters. The van der Waals surface area contributed by atoms with Crippen LogP contribution in [0.4, 0.5) is 4.39 Å². The van der Waals surface area contributed by atoms with E-state index < -0.39 is 0 Å². The number of hydrogen-bond acceptors (Lipinski definition) is 2. The summed E-state index contributed by atoms with van der Waals surface area (Å²) in [7, 11) is 0. The van der Waals surface area contributed by atoms with E-state index >= 15 is 0 Å². The molecule has 1 fully saturated rings. The average molecular weight is 236 g/mol. The minimum atomic E-state index is -0.171. The van der Waals surface area contributed by atoms with Gasteiger partial charge in [-0.3, -0.25) is 4.98 Å². The van der Waals surface area contributed by atoms with Crippen LogP contribution < -0.4 is 5.32 Å². The summed E-state index contributed by atoms with van der Waals surface area (Å²) in [6.45, 7) is 3.15. The van der Waals surface area contributed by atoms with Gasteiger partial charge in [0.1, 0.15) is 5.82 Å². The molecule has 17 heavy (non-hydrogen) atoms. The quantitative estimate of drug-likeness (QED) is 0.870. The van der Waals surface area contributed by atoms with E-state index in [1.54, 1.807) is 6.20 Å². The number of rotatable bonds is 3. The first-order chi connectivity index (χ1) is 8.28. The Morgan fingerprint density at radius 2 is 2.29 bits per heavy atom. The van der Waals surface area contributed by atoms with E-state index in [2.05, 4.69) is 17.2 Å². The van der Waals surface area contributed by atoms with Gasteiger partial charge in [0.25, 0.3) is 0 Å². The summed E-state index contributed by atoms with van der Waals surface area (Å²) in [4.78, 5) is 3.85. The maximum Gasteiger partial charge on any atom is 0.146 e. The van der Waals surface area contributed by atoms with Crippen LogP contribution in [0.1, 0.15) is 51.0 Å². The topological polar surface area (TPSA) is 24.9 Å². The maximum atomic E-state index is 14.0. The molecule has 1 N–H and O–H groups in total. The lowest BCUT2D eigenvalue weighted by molar-refractivity contribution is 0.286. The molecular weight excluding hydrogens is 215 g/mol. The van der Waals surface area contributed by atoms with Crippen molar-refractivity contribution in [2.75, 3.05) is 6.54 Å². The van der Waals surface area contributed by atoms with E-state index in [0.29, 0.717) is 0 Å². The van der Waals surface area contributed by atoms with Gasteiger partial charge >= 0.3 is 0 Å². The van der Waals surface area contributed by atoms with Crippen LogP contribution in [-0.4, -0.2) is 11.5 Å². The van der Waals surface area contributed by atoms with Crippen molar-refractivity contribution in [1.82, 2.24) is 10.3 Å². The Balaban J connectivity index is 2.35. The predicted molar refractivity (Wildman–Crippen MR) is 67.3 cm³/mol. The van der Waals surface area contributed by atoms with Crippen molar-refractivity contribution < 1.29 is 4.39 Å². The Morgan fingerprint density at radius 1 is 1.41 bits per heavy atom. The van der Waals surface area contributed by atoms with Crippen LogP contribution in [0.2, 0.25) is 0 Å². The van der Waals surface area contributed by atoms with Crippen molar-refractivity contribution in [3.8, 4) is 0 Å². The Morgan fingerprint density at radius 3 is 3.06 bits per heavy atom. The number of aromatic nitrogens is 1. The van der Waals surface area contributed by atoms with Crippen LogP contribution in [0.15, 0.2) is 18.5 Å². The van der Waals surface area contributed by atoms with Crippen molar-refractivity contribution in [2.45, 2.75) is 51.0 Å². The summed E-state index contributed by atoms with van der Waals surface area (Å²) in [5.74, 6) is -0.171. The average Bonchev–Trinajstić information content (AvgIpc) is 2.57. The van der Waals surface area contributed by atoms with Gasteiger partial charge < -0.3 is 5.32 Å². The van der Waals surface area contributed by atoms with Crippen molar-refractivity contribution in [1.29, 1.82) is 0 Å². The van der Waals surface area contributed by atoms with Crippen LogP contribution in [0, 0.1) is 5.82 Å². The Bertz CT molecular complexity index is 357. The van der Waals surface area contributed by atoms with Gasteiger partial charge in [-0.25, -0.2) is 4.39 Å². The summed E-state index contributed by atoms with van der Waals surface area (Å²) in [5, 5.41) is 3.59. The monoisotopic (exact) mass is 236 g/mol. The largest absolute Gasteiger partial charge is 0.307 e. The lowest BCUT2D eigenvalue weighted by Gasteiger charge is -2.34. The lowest BCUT2D eigenvalue weighted by atomic mass is 9.82. The molecule has 0 saturated carbocycles. The zero-order chi connectivity index (χ0) is 12.1. The third-order valence-corrected chi connectivity index (χ3v) is 3.71. The standard InChI is InChI=1S/C14H21FN2/c1-2-7-14(8-4-3-5-9-17-14)12-6-10-16-11-13(12)15/h6,10-11,17H,2-5,7-9H2,1H3. The van der Waals surface area contributed by atoms with E-state index in [1.807, 2.05) is 6.07 Å². The first-order valence-electron chi connectivity index (χ1n) is 6.63. The molecule has 0 bridgehead atoms. The Hall–Kier alpha value is -0.960. The van der Waals surface area contributed by atoms with E-state index in [9.17, 15) is 4.39 Å². The molecule has 1 aromatic heterocycles. The van der Waals surface area contributed by atoms with Gasteiger partial charge in [0.05, 0.1) is 6.20 Å².